The van der Waals surface area contributed by atoms with Crippen molar-refractivity contribution in [1.82, 2.24) is 9.13 Å². The van der Waals surface area contributed by atoms with Gasteiger partial charge >= 0.3 is 0 Å². The molecule has 7 rings (SSSR count). The number of para-hydroxylation sites is 2. The number of benzene rings is 5. The van der Waals surface area contributed by atoms with Crippen LogP contribution in [0.4, 0.5) is 0 Å². The number of hydrogen-bond donors (Lipinski definition) is 0. The third-order valence-corrected chi connectivity index (χ3v) is 8.72. The van der Waals surface area contributed by atoms with Crippen LogP contribution in [0.2, 0.25) is 0 Å². The molecule has 0 aliphatic rings. The molecule has 0 aliphatic carbocycles. The van der Waals surface area contributed by atoms with Gasteiger partial charge < -0.3 is 9.13 Å². The molecule has 0 unspecified atom stereocenters. The Morgan fingerprint density at radius 2 is 0.814 bits per heavy atom. The lowest BCUT2D eigenvalue weighted by Gasteiger charge is -2.23. The second-order valence-corrected chi connectivity index (χ2v) is 11.4. The Kier molecular flexibility index (Phi) is 7.43. The van der Waals surface area contributed by atoms with Gasteiger partial charge in [0, 0.05) is 40.8 Å². The number of aryl methyl sites for hydroxylation is 2. The fourth-order valence-electron chi connectivity index (χ4n) is 7.09. The molecule has 0 N–H and O–H groups in total. The second kappa shape index (κ2) is 11.8. The van der Waals surface area contributed by atoms with Gasteiger partial charge in [0.1, 0.15) is 0 Å². The fourth-order valence-corrected chi connectivity index (χ4v) is 7.09. The highest BCUT2D eigenvalue weighted by Gasteiger charge is 2.32. The van der Waals surface area contributed by atoms with E-state index in [2.05, 4.69) is 163 Å². The average molecular weight is 559 g/mol. The molecule has 0 amide bonds. The van der Waals surface area contributed by atoms with Gasteiger partial charge in [0.05, 0.1) is 11.4 Å². The normalized spacial score (nSPS) is 11.6. The molecule has 2 aromatic heterocycles. The topological polar surface area (TPSA) is 9.86 Å². The van der Waals surface area contributed by atoms with Crippen LogP contribution in [0.25, 0.3) is 44.3 Å². The van der Waals surface area contributed by atoms with Crippen LogP contribution in [0, 0.1) is 0 Å². The number of nitrogens with zero attached hydrogens (tertiary/aromatic N) is 2. The van der Waals surface area contributed by atoms with Crippen LogP contribution in [0.1, 0.15) is 49.3 Å². The van der Waals surface area contributed by atoms with Crippen LogP contribution in [0.15, 0.2) is 140 Å². The predicted octanol–water partition coefficient (Wildman–Crippen LogP) is 10.9. The molecule has 212 valence electrons. The van der Waals surface area contributed by atoms with Crippen LogP contribution in [-0.4, -0.2) is 9.13 Å². The maximum Gasteiger partial charge on any atom is 0.0533 e. The third-order valence-electron chi connectivity index (χ3n) is 8.72. The van der Waals surface area contributed by atoms with E-state index >= 15 is 0 Å². The van der Waals surface area contributed by atoms with Gasteiger partial charge in [-0.2, -0.15) is 0 Å². The summed E-state index contributed by atoms with van der Waals surface area (Å²) in [6.45, 7) is 6.50. The van der Waals surface area contributed by atoms with Crippen molar-refractivity contribution in [3.05, 3.63) is 156 Å². The van der Waals surface area contributed by atoms with Gasteiger partial charge in [-0.3, -0.25) is 0 Å². The maximum atomic E-state index is 2.57. The molecule has 2 heterocycles. The first-order valence-electron chi connectivity index (χ1n) is 15.7. The summed E-state index contributed by atoms with van der Waals surface area (Å²) in [6.07, 6.45) is 2.14. The highest BCUT2D eigenvalue weighted by atomic mass is 15.0. The van der Waals surface area contributed by atoms with E-state index in [1.54, 1.807) is 0 Å². The molecule has 5 aromatic carbocycles. The van der Waals surface area contributed by atoms with E-state index in [4.69, 9.17) is 0 Å². The average Bonchev–Trinajstić information content (AvgIpc) is 3.56. The Morgan fingerprint density at radius 3 is 1.23 bits per heavy atom. The van der Waals surface area contributed by atoms with Gasteiger partial charge in [0.2, 0.25) is 0 Å². The van der Waals surface area contributed by atoms with Crippen LogP contribution >= 0.6 is 0 Å². The monoisotopic (exact) mass is 558 g/mol. The molecule has 2 nitrogen and oxygen atoms in total. The Hall–Kier alpha value is -4.82. The van der Waals surface area contributed by atoms with Crippen molar-refractivity contribution >= 4 is 21.8 Å². The summed E-state index contributed by atoms with van der Waals surface area (Å²) < 4.78 is 5.15. The highest BCUT2D eigenvalue weighted by Crippen LogP contribution is 2.49. The number of hydrogen-bond acceptors (Lipinski definition) is 0. The zero-order valence-electron chi connectivity index (χ0n) is 25.1. The third kappa shape index (κ3) is 4.68. The zero-order chi connectivity index (χ0) is 29.2. The first-order valence-corrected chi connectivity index (χ1v) is 15.7. The van der Waals surface area contributed by atoms with Crippen LogP contribution in [-0.2, 0) is 13.1 Å². The van der Waals surface area contributed by atoms with Gasteiger partial charge in [-0.1, -0.05) is 141 Å². The van der Waals surface area contributed by atoms with Crippen molar-refractivity contribution in [1.29, 1.82) is 0 Å². The van der Waals surface area contributed by atoms with Gasteiger partial charge in [-0.25, -0.2) is 0 Å². The summed E-state index contributed by atoms with van der Waals surface area (Å²) in [5, 5.41) is 2.66. The van der Waals surface area contributed by atoms with E-state index < -0.39 is 0 Å². The zero-order valence-corrected chi connectivity index (χ0v) is 25.1. The molecule has 2 heteroatoms. The molecular weight excluding hydrogens is 520 g/mol. The Labute approximate surface area is 254 Å². The Morgan fingerprint density at radius 1 is 0.442 bits per heavy atom. The van der Waals surface area contributed by atoms with Gasteiger partial charge in [0.15, 0.2) is 0 Å². The van der Waals surface area contributed by atoms with E-state index in [1.807, 2.05) is 0 Å². The predicted molar refractivity (Wildman–Crippen MR) is 183 cm³/mol. The minimum absolute atomic E-state index is 0.0256. The Balaban J connectivity index is 1.68. The van der Waals surface area contributed by atoms with Gasteiger partial charge in [-0.05, 0) is 52.8 Å². The summed E-state index contributed by atoms with van der Waals surface area (Å²) in [7, 11) is 0. The molecule has 43 heavy (non-hydrogen) atoms. The molecule has 0 aliphatic heterocycles. The lowest BCUT2D eigenvalue weighted by molar-refractivity contribution is 0.703. The molecule has 0 saturated heterocycles. The summed E-state index contributed by atoms with van der Waals surface area (Å²) in [5.74, 6) is 0.0256. The lowest BCUT2D eigenvalue weighted by Crippen LogP contribution is -2.09. The summed E-state index contributed by atoms with van der Waals surface area (Å²) >= 11 is 0. The first kappa shape index (κ1) is 27.0. The maximum absolute atomic E-state index is 2.57. The summed E-state index contributed by atoms with van der Waals surface area (Å²) in [4.78, 5) is 0. The minimum atomic E-state index is 0.0256. The number of aromatic nitrogens is 2. The van der Waals surface area contributed by atoms with Crippen LogP contribution in [0.3, 0.4) is 0 Å². The number of fused-ring (bicyclic) bond motifs is 2. The summed E-state index contributed by atoms with van der Waals surface area (Å²) in [6, 6.07) is 51.3. The molecule has 7 aromatic rings. The molecule has 0 fully saturated rings. The SMILES string of the molecule is CCCn1c(-c2ccccc2)c(C(c2ccccc2)c2c(-c3ccccc3)n(CCC)c3ccccc23)c2ccccc21. The standard InChI is InChI=1S/C41H38N2/c1-3-28-42-35-26-16-14-24-33(35)38(40(42)31-20-10-6-11-21-31)37(30-18-8-5-9-19-30)39-34-25-15-17-27-36(34)43(29-4-2)41(39)32-22-12-7-13-23-32/h5-27,37H,3-4,28-29H2,1-2H3. The van der Waals surface area contributed by atoms with E-state index in [9.17, 15) is 0 Å². The van der Waals surface area contributed by atoms with Crippen molar-refractivity contribution in [2.75, 3.05) is 0 Å². The van der Waals surface area contributed by atoms with Crippen LogP contribution < -0.4 is 0 Å². The van der Waals surface area contributed by atoms with Gasteiger partial charge in [0.25, 0.3) is 0 Å². The lowest BCUT2D eigenvalue weighted by atomic mass is 9.80. The largest absolute Gasteiger partial charge is 0.340 e. The smallest absolute Gasteiger partial charge is 0.0533 e. The van der Waals surface area contributed by atoms with Gasteiger partial charge in [-0.15, -0.1) is 0 Å². The minimum Gasteiger partial charge on any atom is -0.340 e. The van der Waals surface area contributed by atoms with E-state index in [-0.39, 0.29) is 5.92 Å². The molecule has 0 radical (unpaired) electrons. The van der Waals surface area contributed by atoms with Crippen molar-refractivity contribution < 1.29 is 0 Å². The van der Waals surface area contributed by atoms with Crippen molar-refractivity contribution in [2.24, 2.45) is 0 Å². The molecule has 0 spiro atoms. The van der Waals surface area contributed by atoms with Crippen molar-refractivity contribution in [2.45, 2.75) is 45.7 Å². The molecule has 0 saturated carbocycles. The van der Waals surface area contributed by atoms with Crippen LogP contribution in [0.5, 0.6) is 0 Å². The van der Waals surface area contributed by atoms with Crippen molar-refractivity contribution in [3.63, 3.8) is 0 Å². The summed E-state index contributed by atoms with van der Waals surface area (Å²) in [5.41, 5.74) is 11.9. The molecule has 0 bridgehead atoms. The fraction of sp³-hybridized carbons (Fsp3) is 0.171. The van der Waals surface area contributed by atoms with E-state index in [0.717, 1.165) is 25.9 Å². The highest BCUT2D eigenvalue weighted by molar-refractivity contribution is 5.98. The van der Waals surface area contributed by atoms with E-state index in [1.165, 1.54) is 61.0 Å². The number of rotatable bonds is 9. The first-order chi connectivity index (χ1) is 21.3. The van der Waals surface area contributed by atoms with Crippen molar-refractivity contribution in [3.8, 4) is 22.5 Å². The Bertz CT molecular complexity index is 1850. The molecule has 0 atom stereocenters. The van der Waals surface area contributed by atoms with E-state index in [0.29, 0.717) is 0 Å². The quantitative estimate of drug-likeness (QED) is 0.167. The molecular formula is C41H38N2. The second-order valence-electron chi connectivity index (χ2n) is 11.4.